The van der Waals surface area contributed by atoms with Crippen LogP contribution in [0.2, 0.25) is 5.02 Å². The van der Waals surface area contributed by atoms with E-state index in [4.69, 9.17) is 11.6 Å². The Bertz CT molecular complexity index is 1360. The fraction of sp³-hybridized carbons (Fsp3) is 0.115. The maximum Gasteiger partial charge on any atom is 0.326 e. The lowest BCUT2D eigenvalue weighted by molar-refractivity contribution is -0.139. The molecule has 0 spiro atoms. The SMILES string of the molecule is O=C(NC(Cc1cc(=O)n(Cc2ccccc2)c2ccccc12)C(=O)O)c1ccc(Cl)cc1. The molecule has 0 saturated carbocycles. The number of nitrogens with zero attached hydrogens (tertiary/aromatic N) is 1. The first-order chi connectivity index (χ1) is 15.9. The molecular formula is C26H21ClN2O4. The van der Waals surface area contributed by atoms with E-state index in [1.807, 2.05) is 54.6 Å². The number of hydrogen-bond donors (Lipinski definition) is 2. The van der Waals surface area contributed by atoms with Gasteiger partial charge >= 0.3 is 5.97 Å². The Morgan fingerprint density at radius 3 is 2.30 bits per heavy atom. The van der Waals surface area contributed by atoms with Gasteiger partial charge in [-0.25, -0.2) is 4.79 Å². The number of benzene rings is 3. The zero-order valence-corrected chi connectivity index (χ0v) is 18.3. The van der Waals surface area contributed by atoms with Gasteiger partial charge < -0.3 is 15.0 Å². The number of nitrogens with one attached hydrogen (secondary N) is 1. The van der Waals surface area contributed by atoms with E-state index in [9.17, 15) is 19.5 Å². The molecule has 0 radical (unpaired) electrons. The van der Waals surface area contributed by atoms with Gasteiger partial charge in [-0.05, 0) is 41.5 Å². The van der Waals surface area contributed by atoms with Gasteiger partial charge in [0, 0.05) is 28.5 Å². The standard InChI is InChI=1S/C26H21ClN2O4/c27-20-12-10-18(11-13-20)25(31)28-22(26(32)33)14-19-15-24(30)29(16-17-6-2-1-3-7-17)23-9-5-4-8-21(19)23/h1-13,15,22H,14,16H2,(H,28,31)(H,32,33). The first-order valence-electron chi connectivity index (χ1n) is 10.4. The molecular weight excluding hydrogens is 440 g/mol. The van der Waals surface area contributed by atoms with Crippen LogP contribution < -0.4 is 10.9 Å². The lowest BCUT2D eigenvalue weighted by atomic mass is 10.0. The molecule has 0 fully saturated rings. The van der Waals surface area contributed by atoms with Crippen LogP contribution in [0.15, 0.2) is 89.7 Å². The summed E-state index contributed by atoms with van der Waals surface area (Å²) >= 11 is 5.86. The van der Waals surface area contributed by atoms with E-state index in [1.54, 1.807) is 16.7 Å². The molecule has 7 heteroatoms. The van der Waals surface area contributed by atoms with Crippen LogP contribution in [0, 0.1) is 0 Å². The Morgan fingerprint density at radius 1 is 0.939 bits per heavy atom. The zero-order valence-electron chi connectivity index (χ0n) is 17.6. The summed E-state index contributed by atoms with van der Waals surface area (Å²) in [6, 6.07) is 23.4. The Kier molecular flexibility index (Phi) is 6.56. The van der Waals surface area contributed by atoms with Gasteiger partial charge in [0.15, 0.2) is 0 Å². The summed E-state index contributed by atoms with van der Waals surface area (Å²) in [5.74, 6) is -1.71. The molecule has 0 aliphatic rings. The second-order valence-electron chi connectivity index (χ2n) is 7.67. The van der Waals surface area contributed by atoms with Crippen molar-refractivity contribution in [1.82, 2.24) is 9.88 Å². The van der Waals surface area contributed by atoms with E-state index in [-0.39, 0.29) is 12.0 Å². The molecule has 6 nitrogen and oxygen atoms in total. The van der Waals surface area contributed by atoms with Gasteiger partial charge in [0.05, 0.1) is 12.1 Å². The Labute approximate surface area is 195 Å². The highest BCUT2D eigenvalue weighted by Crippen LogP contribution is 2.20. The minimum Gasteiger partial charge on any atom is -0.480 e. The molecule has 1 unspecified atom stereocenters. The number of aromatic nitrogens is 1. The number of amides is 1. The summed E-state index contributed by atoms with van der Waals surface area (Å²) < 4.78 is 1.66. The third-order valence-electron chi connectivity index (χ3n) is 5.42. The van der Waals surface area contributed by atoms with Crippen molar-refractivity contribution in [2.24, 2.45) is 0 Å². The molecule has 1 amide bonds. The van der Waals surface area contributed by atoms with Crippen molar-refractivity contribution >= 4 is 34.4 Å². The van der Waals surface area contributed by atoms with Crippen molar-refractivity contribution in [3.63, 3.8) is 0 Å². The summed E-state index contributed by atoms with van der Waals surface area (Å²) in [6.07, 6.45) is -0.0312. The number of halogens is 1. The molecule has 2 N–H and O–H groups in total. The van der Waals surface area contributed by atoms with Crippen molar-refractivity contribution in [2.45, 2.75) is 19.0 Å². The van der Waals surface area contributed by atoms with Gasteiger partial charge in [0.2, 0.25) is 0 Å². The van der Waals surface area contributed by atoms with E-state index >= 15 is 0 Å². The lowest BCUT2D eigenvalue weighted by Crippen LogP contribution is -2.42. The predicted molar refractivity (Wildman–Crippen MR) is 128 cm³/mol. The highest BCUT2D eigenvalue weighted by Gasteiger charge is 2.23. The zero-order chi connectivity index (χ0) is 23.4. The Hall–Kier alpha value is -3.90. The van der Waals surface area contributed by atoms with Gasteiger partial charge in [0.25, 0.3) is 11.5 Å². The van der Waals surface area contributed by atoms with E-state index in [0.29, 0.717) is 28.2 Å². The maximum absolute atomic E-state index is 13.0. The second-order valence-corrected chi connectivity index (χ2v) is 8.11. The van der Waals surface area contributed by atoms with Crippen LogP contribution in [0.25, 0.3) is 10.9 Å². The normalized spacial score (nSPS) is 11.8. The van der Waals surface area contributed by atoms with Crippen molar-refractivity contribution < 1.29 is 14.7 Å². The van der Waals surface area contributed by atoms with Crippen LogP contribution in [0.5, 0.6) is 0 Å². The Morgan fingerprint density at radius 2 is 1.61 bits per heavy atom. The number of carbonyl (C=O) groups is 2. The van der Waals surface area contributed by atoms with Gasteiger partial charge in [-0.15, -0.1) is 0 Å². The highest BCUT2D eigenvalue weighted by molar-refractivity contribution is 6.30. The van der Waals surface area contributed by atoms with Gasteiger partial charge in [-0.1, -0.05) is 60.1 Å². The smallest absolute Gasteiger partial charge is 0.326 e. The van der Waals surface area contributed by atoms with E-state index in [0.717, 1.165) is 10.9 Å². The summed E-state index contributed by atoms with van der Waals surface area (Å²) in [5.41, 5.74) is 2.31. The van der Waals surface area contributed by atoms with E-state index in [2.05, 4.69) is 5.32 Å². The monoisotopic (exact) mass is 460 g/mol. The summed E-state index contributed by atoms with van der Waals surface area (Å²) in [6.45, 7) is 0.399. The van der Waals surface area contributed by atoms with Crippen LogP contribution in [0.3, 0.4) is 0 Å². The first-order valence-corrected chi connectivity index (χ1v) is 10.7. The number of fused-ring (bicyclic) bond motifs is 1. The Balaban J connectivity index is 1.66. The number of pyridine rings is 1. The molecule has 3 aromatic carbocycles. The number of hydrogen-bond acceptors (Lipinski definition) is 3. The largest absolute Gasteiger partial charge is 0.480 e. The first kappa shape index (κ1) is 22.3. The van der Waals surface area contributed by atoms with Crippen LogP contribution in [-0.2, 0) is 17.8 Å². The number of carboxylic acid groups (broad SMARTS) is 1. The fourth-order valence-electron chi connectivity index (χ4n) is 3.76. The predicted octanol–water partition coefficient (Wildman–Crippen LogP) is 4.13. The molecule has 0 aliphatic heterocycles. The molecule has 4 rings (SSSR count). The van der Waals surface area contributed by atoms with E-state index in [1.165, 1.54) is 18.2 Å². The van der Waals surface area contributed by atoms with Crippen molar-refractivity contribution in [2.75, 3.05) is 0 Å². The van der Waals surface area contributed by atoms with Crippen LogP contribution in [0.1, 0.15) is 21.5 Å². The molecule has 1 aromatic heterocycles. The maximum atomic E-state index is 13.0. The number of rotatable bonds is 7. The van der Waals surface area contributed by atoms with Crippen LogP contribution in [-0.4, -0.2) is 27.6 Å². The molecule has 33 heavy (non-hydrogen) atoms. The molecule has 0 saturated heterocycles. The quantitative estimate of drug-likeness (QED) is 0.434. The minimum atomic E-state index is -1.21. The van der Waals surface area contributed by atoms with Crippen molar-refractivity contribution in [3.05, 3.63) is 117 Å². The average Bonchev–Trinajstić information content (AvgIpc) is 2.82. The van der Waals surface area contributed by atoms with Crippen molar-refractivity contribution in [1.29, 1.82) is 0 Å². The number of carboxylic acids is 1. The van der Waals surface area contributed by atoms with Crippen LogP contribution in [0.4, 0.5) is 0 Å². The topological polar surface area (TPSA) is 88.4 Å². The van der Waals surface area contributed by atoms with E-state index < -0.39 is 17.9 Å². The summed E-state index contributed by atoms with van der Waals surface area (Å²) in [5, 5.41) is 13.5. The molecule has 1 heterocycles. The fourth-order valence-corrected chi connectivity index (χ4v) is 3.89. The molecule has 0 bridgehead atoms. The van der Waals surface area contributed by atoms with Gasteiger partial charge in [-0.2, -0.15) is 0 Å². The number of carbonyl (C=O) groups excluding carboxylic acids is 1. The summed E-state index contributed by atoms with van der Waals surface area (Å²) in [7, 11) is 0. The second kappa shape index (κ2) is 9.71. The molecule has 1 atom stereocenters. The highest BCUT2D eigenvalue weighted by atomic mass is 35.5. The number of aliphatic carboxylic acids is 1. The van der Waals surface area contributed by atoms with Crippen LogP contribution >= 0.6 is 11.6 Å². The van der Waals surface area contributed by atoms with Crippen molar-refractivity contribution in [3.8, 4) is 0 Å². The van der Waals surface area contributed by atoms with Gasteiger partial charge in [0.1, 0.15) is 6.04 Å². The summed E-state index contributed by atoms with van der Waals surface area (Å²) in [4.78, 5) is 37.5. The third kappa shape index (κ3) is 5.13. The lowest BCUT2D eigenvalue weighted by Gasteiger charge is -2.18. The molecule has 166 valence electrons. The number of para-hydroxylation sites is 1. The molecule has 0 aliphatic carbocycles. The minimum absolute atomic E-state index is 0.0312. The third-order valence-corrected chi connectivity index (χ3v) is 5.67. The average molecular weight is 461 g/mol. The molecule has 4 aromatic rings. The van der Waals surface area contributed by atoms with Gasteiger partial charge in [-0.3, -0.25) is 9.59 Å².